The topological polar surface area (TPSA) is 95.5 Å². The highest BCUT2D eigenvalue weighted by Gasteiger charge is 2.13. The van der Waals surface area contributed by atoms with Crippen molar-refractivity contribution in [2.45, 2.75) is 13.8 Å². The molecule has 0 saturated carbocycles. The normalized spacial score (nSPS) is 10.6. The van der Waals surface area contributed by atoms with Crippen LogP contribution in [0.25, 0.3) is 0 Å². The molecule has 0 aliphatic carbocycles. The van der Waals surface area contributed by atoms with Crippen molar-refractivity contribution < 1.29 is 28.5 Å². The minimum absolute atomic E-state index is 0.177. The van der Waals surface area contributed by atoms with Gasteiger partial charge in [0.05, 0.1) is 25.0 Å². The van der Waals surface area contributed by atoms with Crippen LogP contribution in [-0.4, -0.2) is 37.9 Å². The molecule has 1 amide bonds. The van der Waals surface area contributed by atoms with E-state index in [1.54, 1.807) is 54.6 Å². The number of nitrogens with one attached hydrogen (secondary N) is 1. The molecular weight excluding hydrogens is 516 g/mol. The van der Waals surface area contributed by atoms with Crippen molar-refractivity contribution in [3.05, 3.63) is 82.3 Å². The summed E-state index contributed by atoms with van der Waals surface area (Å²) in [6.07, 6.45) is 1.46. The molecule has 3 aromatic carbocycles. The van der Waals surface area contributed by atoms with Crippen LogP contribution in [0.15, 0.2) is 76.3 Å². The maximum absolute atomic E-state index is 12.5. The molecule has 8 nitrogen and oxygen atoms in total. The van der Waals surface area contributed by atoms with Crippen LogP contribution in [0, 0.1) is 0 Å². The Balaban J connectivity index is 1.58. The Bertz CT molecular complexity index is 1160. The number of hydrazone groups is 1. The summed E-state index contributed by atoms with van der Waals surface area (Å²) in [5.74, 6) is 0.970. The summed E-state index contributed by atoms with van der Waals surface area (Å²) >= 11 is 3.34. The first-order valence-electron chi connectivity index (χ1n) is 10.9. The molecule has 0 saturated heterocycles. The summed E-state index contributed by atoms with van der Waals surface area (Å²) in [6, 6.07) is 18.8. The molecule has 0 aliphatic heterocycles. The number of halogens is 1. The van der Waals surface area contributed by atoms with Gasteiger partial charge in [0.2, 0.25) is 0 Å². The van der Waals surface area contributed by atoms with Gasteiger partial charge in [-0.25, -0.2) is 10.2 Å². The van der Waals surface area contributed by atoms with Crippen molar-refractivity contribution >= 4 is 34.0 Å². The van der Waals surface area contributed by atoms with Crippen molar-refractivity contribution in [2.24, 2.45) is 5.10 Å². The van der Waals surface area contributed by atoms with Crippen LogP contribution in [0.4, 0.5) is 0 Å². The van der Waals surface area contributed by atoms with E-state index in [-0.39, 0.29) is 12.4 Å². The first-order chi connectivity index (χ1) is 17.0. The fourth-order valence-corrected chi connectivity index (χ4v) is 3.13. The van der Waals surface area contributed by atoms with Gasteiger partial charge in [-0.05, 0) is 86.1 Å². The molecule has 9 heteroatoms. The summed E-state index contributed by atoms with van der Waals surface area (Å²) in [7, 11) is 0. The quantitative estimate of drug-likeness (QED) is 0.159. The summed E-state index contributed by atoms with van der Waals surface area (Å²) in [5.41, 5.74) is 3.43. The van der Waals surface area contributed by atoms with Crippen molar-refractivity contribution in [2.75, 3.05) is 19.8 Å². The molecule has 0 fully saturated rings. The first kappa shape index (κ1) is 25.8. The van der Waals surface area contributed by atoms with Gasteiger partial charge in [0.1, 0.15) is 11.5 Å². The Morgan fingerprint density at radius 2 is 1.51 bits per heavy atom. The molecule has 0 heterocycles. The summed E-state index contributed by atoms with van der Waals surface area (Å²) in [5, 5.41) is 3.94. The fourth-order valence-electron chi connectivity index (χ4n) is 2.86. The van der Waals surface area contributed by atoms with Crippen molar-refractivity contribution in [1.82, 2.24) is 5.43 Å². The van der Waals surface area contributed by atoms with Crippen LogP contribution in [0.5, 0.6) is 23.0 Å². The van der Waals surface area contributed by atoms with Crippen molar-refractivity contribution in [3.63, 3.8) is 0 Å². The molecule has 3 aromatic rings. The standard InChI is InChI=1S/C26H25BrN2O6/c1-3-32-21-10-6-19(7-11-21)26(31)35-23-14-5-18(15-24(23)33-4-2)16-28-29-25(30)17-34-22-12-8-20(27)9-13-22/h5-16H,3-4,17H2,1-2H3,(H,29,30)/b28-16+. The minimum Gasteiger partial charge on any atom is -0.494 e. The zero-order chi connectivity index (χ0) is 25.0. The summed E-state index contributed by atoms with van der Waals surface area (Å²) in [6.45, 7) is 4.45. The zero-order valence-corrected chi connectivity index (χ0v) is 20.9. The van der Waals surface area contributed by atoms with Gasteiger partial charge >= 0.3 is 5.97 Å². The van der Waals surface area contributed by atoms with Crippen molar-refractivity contribution in [1.29, 1.82) is 0 Å². The Morgan fingerprint density at radius 3 is 2.20 bits per heavy atom. The largest absolute Gasteiger partial charge is 0.494 e. The molecule has 35 heavy (non-hydrogen) atoms. The van der Waals surface area contributed by atoms with E-state index in [0.29, 0.717) is 41.6 Å². The Kier molecular flexibility index (Phi) is 9.68. The lowest BCUT2D eigenvalue weighted by molar-refractivity contribution is -0.123. The number of hydrogen-bond donors (Lipinski definition) is 1. The summed E-state index contributed by atoms with van der Waals surface area (Å²) < 4.78 is 22.9. The van der Waals surface area contributed by atoms with E-state index < -0.39 is 11.9 Å². The van der Waals surface area contributed by atoms with E-state index in [1.807, 2.05) is 26.0 Å². The van der Waals surface area contributed by atoms with Gasteiger partial charge in [-0.3, -0.25) is 4.79 Å². The van der Waals surface area contributed by atoms with E-state index in [0.717, 1.165) is 4.47 Å². The minimum atomic E-state index is -0.520. The monoisotopic (exact) mass is 540 g/mol. The highest BCUT2D eigenvalue weighted by Crippen LogP contribution is 2.29. The van der Waals surface area contributed by atoms with Crippen LogP contribution < -0.4 is 24.4 Å². The number of amides is 1. The van der Waals surface area contributed by atoms with Gasteiger partial charge in [-0.15, -0.1) is 0 Å². The van der Waals surface area contributed by atoms with Gasteiger partial charge in [-0.1, -0.05) is 15.9 Å². The van der Waals surface area contributed by atoms with E-state index in [9.17, 15) is 9.59 Å². The van der Waals surface area contributed by atoms with Crippen LogP contribution in [0.3, 0.4) is 0 Å². The fraction of sp³-hybridized carbons (Fsp3) is 0.192. The van der Waals surface area contributed by atoms with Gasteiger partial charge in [0, 0.05) is 4.47 Å². The SMILES string of the molecule is CCOc1ccc(C(=O)Oc2ccc(/C=N/NC(=O)COc3ccc(Br)cc3)cc2OCC)cc1. The molecule has 0 atom stereocenters. The molecule has 0 radical (unpaired) electrons. The summed E-state index contributed by atoms with van der Waals surface area (Å²) in [4.78, 5) is 24.5. The number of carbonyl (C=O) groups excluding carboxylic acids is 2. The van der Waals surface area contributed by atoms with E-state index >= 15 is 0 Å². The molecule has 1 N–H and O–H groups in total. The van der Waals surface area contributed by atoms with Crippen LogP contribution in [0.2, 0.25) is 0 Å². The molecule has 0 bridgehead atoms. The van der Waals surface area contributed by atoms with E-state index in [1.165, 1.54) is 6.21 Å². The molecule has 0 aliphatic rings. The Labute approximate surface area is 212 Å². The zero-order valence-electron chi connectivity index (χ0n) is 19.3. The van der Waals surface area contributed by atoms with E-state index in [4.69, 9.17) is 18.9 Å². The predicted molar refractivity (Wildman–Crippen MR) is 136 cm³/mol. The lowest BCUT2D eigenvalue weighted by atomic mass is 10.2. The lowest BCUT2D eigenvalue weighted by Gasteiger charge is -2.11. The predicted octanol–water partition coefficient (Wildman–Crippen LogP) is 4.99. The van der Waals surface area contributed by atoms with Gasteiger partial charge in [0.25, 0.3) is 5.91 Å². The number of nitrogens with zero attached hydrogens (tertiary/aromatic N) is 1. The van der Waals surface area contributed by atoms with Crippen LogP contribution in [-0.2, 0) is 4.79 Å². The van der Waals surface area contributed by atoms with Crippen molar-refractivity contribution in [3.8, 4) is 23.0 Å². The maximum Gasteiger partial charge on any atom is 0.343 e. The molecule has 3 rings (SSSR count). The molecule has 182 valence electrons. The molecule has 0 unspecified atom stereocenters. The lowest BCUT2D eigenvalue weighted by Crippen LogP contribution is -2.24. The number of carbonyl (C=O) groups is 2. The van der Waals surface area contributed by atoms with E-state index in [2.05, 4.69) is 26.5 Å². The Morgan fingerprint density at radius 1 is 0.857 bits per heavy atom. The number of ether oxygens (including phenoxy) is 4. The smallest absolute Gasteiger partial charge is 0.343 e. The third-order valence-electron chi connectivity index (χ3n) is 4.46. The Hall–Kier alpha value is -3.85. The van der Waals surface area contributed by atoms with Gasteiger partial charge in [-0.2, -0.15) is 5.10 Å². The number of benzene rings is 3. The highest BCUT2D eigenvalue weighted by atomic mass is 79.9. The third kappa shape index (κ3) is 8.15. The first-order valence-corrected chi connectivity index (χ1v) is 11.7. The number of esters is 1. The maximum atomic E-state index is 12.5. The molecule has 0 aromatic heterocycles. The van der Waals surface area contributed by atoms with Crippen LogP contribution in [0.1, 0.15) is 29.8 Å². The average Bonchev–Trinajstić information content (AvgIpc) is 2.86. The highest BCUT2D eigenvalue weighted by molar-refractivity contribution is 9.10. The number of rotatable bonds is 11. The molecular formula is C26H25BrN2O6. The van der Waals surface area contributed by atoms with Crippen LogP contribution >= 0.6 is 15.9 Å². The number of hydrogen-bond acceptors (Lipinski definition) is 7. The third-order valence-corrected chi connectivity index (χ3v) is 4.99. The van der Waals surface area contributed by atoms with Gasteiger partial charge < -0.3 is 18.9 Å². The second-order valence-electron chi connectivity index (χ2n) is 7.02. The van der Waals surface area contributed by atoms with Gasteiger partial charge in [0.15, 0.2) is 18.1 Å². The molecule has 0 spiro atoms. The second kappa shape index (κ2) is 13.1. The average molecular weight is 541 g/mol. The second-order valence-corrected chi connectivity index (χ2v) is 7.94.